The summed E-state index contributed by atoms with van der Waals surface area (Å²) in [5.74, 6) is 2.84. The predicted octanol–water partition coefficient (Wildman–Crippen LogP) is 1.72. The first-order chi connectivity index (χ1) is 12.7. The average Bonchev–Trinajstić information content (AvgIpc) is 3.22. The van der Waals surface area contributed by atoms with Gasteiger partial charge in [0.1, 0.15) is 5.82 Å². The Morgan fingerprint density at radius 2 is 1.96 bits per heavy atom. The molecule has 144 valence electrons. The lowest BCUT2D eigenvalue weighted by molar-refractivity contribution is -0.156. The largest absolute Gasteiger partial charge is 0.443 e. The number of imidazole rings is 1. The van der Waals surface area contributed by atoms with E-state index >= 15 is 0 Å². The van der Waals surface area contributed by atoms with E-state index in [9.17, 15) is 14.4 Å². The van der Waals surface area contributed by atoms with Gasteiger partial charge in [-0.1, -0.05) is 18.8 Å². The zero-order chi connectivity index (χ0) is 19.8. The van der Waals surface area contributed by atoms with Gasteiger partial charge in [-0.05, 0) is 33.6 Å². The van der Waals surface area contributed by atoms with Crippen molar-refractivity contribution in [3.05, 3.63) is 26.7 Å². The van der Waals surface area contributed by atoms with Crippen molar-refractivity contribution in [1.82, 2.24) is 19.1 Å². The van der Waals surface area contributed by atoms with Gasteiger partial charge in [0.2, 0.25) is 0 Å². The number of esters is 1. The number of terminal acetylenes is 1. The monoisotopic (exact) mass is 372 g/mol. The number of ether oxygens (including phenoxy) is 1. The van der Waals surface area contributed by atoms with Crippen LogP contribution in [0.5, 0.6) is 0 Å². The van der Waals surface area contributed by atoms with Gasteiger partial charge < -0.3 is 4.74 Å². The Balaban J connectivity index is 2.16. The number of carbonyl (C=O) groups is 1. The number of carbonyl (C=O) groups excluding carboxylic acids is 1. The molecule has 0 aromatic carbocycles. The van der Waals surface area contributed by atoms with E-state index in [2.05, 4.69) is 15.9 Å². The van der Waals surface area contributed by atoms with E-state index in [1.165, 1.54) is 4.57 Å². The molecule has 1 fully saturated rings. The second-order valence-corrected chi connectivity index (χ2v) is 7.91. The van der Waals surface area contributed by atoms with E-state index in [0.717, 1.165) is 25.7 Å². The number of nitrogens with one attached hydrogen (secondary N) is 1. The molecule has 3 rings (SSSR count). The highest BCUT2D eigenvalue weighted by molar-refractivity contribution is 5.75. The minimum Gasteiger partial charge on any atom is -0.443 e. The average molecular weight is 372 g/mol. The fourth-order valence-corrected chi connectivity index (χ4v) is 3.39. The summed E-state index contributed by atoms with van der Waals surface area (Å²) in [6.07, 6.45) is 9.39. The number of rotatable bonds is 4. The number of fused-ring (bicyclic) bond motifs is 1. The Bertz CT molecular complexity index is 1020. The van der Waals surface area contributed by atoms with Gasteiger partial charge >= 0.3 is 11.7 Å². The molecule has 2 aromatic rings. The van der Waals surface area contributed by atoms with Crippen molar-refractivity contribution in [1.29, 1.82) is 0 Å². The molecule has 1 aliphatic carbocycles. The van der Waals surface area contributed by atoms with Gasteiger partial charge in [-0.3, -0.25) is 23.7 Å². The number of nitrogens with zero attached hydrogens (tertiary/aromatic N) is 3. The third kappa shape index (κ3) is 3.54. The number of hydrogen-bond acceptors (Lipinski definition) is 5. The highest BCUT2D eigenvalue weighted by atomic mass is 16.5. The van der Waals surface area contributed by atoms with Crippen molar-refractivity contribution in [2.24, 2.45) is 5.41 Å². The first-order valence-corrected chi connectivity index (χ1v) is 9.08. The lowest BCUT2D eigenvalue weighted by Crippen LogP contribution is -2.31. The highest BCUT2D eigenvalue weighted by Crippen LogP contribution is 2.34. The van der Waals surface area contributed by atoms with Gasteiger partial charge in [0, 0.05) is 5.92 Å². The zero-order valence-corrected chi connectivity index (χ0v) is 15.9. The molecule has 0 spiro atoms. The van der Waals surface area contributed by atoms with Crippen LogP contribution in [-0.4, -0.2) is 25.1 Å². The molecule has 1 saturated carbocycles. The van der Waals surface area contributed by atoms with Gasteiger partial charge in [0.15, 0.2) is 17.9 Å². The number of aromatic nitrogens is 4. The molecule has 0 unspecified atom stereocenters. The second-order valence-electron chi connectivity index (χ2n) is 7.91. The summed E-state index contributed by atoms with van der Waals surface area (Å²) in [7, 11) is 0. The van der Waals surface area contributed by atoms with Crippen LogP contribution >= 0.6 is 0 Å². The molecule has 0 amide bonds. The smallest absolute Gasteiger partial charge is 0.330 e. The third-order valence-electron chi connectivity index (χ3n) is 4.82. The molecule has 8 nitrogen and oxygen atoms in total. The summed E-state index contributed by atoms with van der Waals surface area (Å²) in [5.41, 5.74) is -1.39. The molecule has 1 N–H and O–H groups in total. The lowest BCUT2D eigenvalue weighted by Gasteiger charge is -2.18. The fraction of sp³-hybridized carbons (Fsp3) is 0.579. The van der Waals surface area contributed by atoms with Crippen LogP contribution in [0.4, 0.5) is 0 Å². The second kappa shape index (κ2) is 7.06. The number of H-pyrrole nitrogens is 1. The molecular weight excluding hydrogens is 348 g/mol. The Morgan fingerprint density at radius 1 is 1.30 bits per heavy atom. The first kappa shape index (κ1) is 19.0. The third-order valence-corrected chi connectivity index (χ3v) is 4.82. The maximum Gasteiger partial charge on any atom is 0.330 e. The zero-order valence-electron chi connectivity index (χ0n) is 15.9. The van der Waals surface area contributed by atoms with Crippen molar-refractivity contribution in [2.75, 3.05) is 0 Å². The maximum absolute atomic E-state index is 12.5. The van der Waals surface area contributed by atoms with Crippen molar-refractivity contribution < 1.29 is 9.53 Å². The van der Waals surface area contributed by atoms with Crippen molar-refractivity contribution in [3.63, 3.8) is 0 Å². The Labute approximate surface area is 156 Å². The molecular formula is C19H24N4O4. The van der Waals surface area contributed by atoms with Crippen LogP contribution in [-0.2, 0) is 22.8 Å². The number of hydrogen-bond donors (Lipinski definition) is 1. The summed E-state index contributed by atoms with van der Waals surface area (Å²) < 4.78 is 8.32. The summed E-state index contributed by atoms with van der Waals surface area (Å²) >= 11 is 0. The molecule has 0 aliphatic heterocycles. The Kier molecular flexibility index (Phi) is 4.96. The molecule has 0 radical (unpaired) electrons. The van der Waals surface area contributed by atoms with E-state index in [4.69, 9.17) is 11.2 Å². The van der Waals surface area contributed by atoms with Gasteiger partial charge in [0.25, 0.3) is 5.56 Å². The topological polar surface area (TPSA) is 99.0 Å². The number of aromatic amines is 1. The summed E-state index contributed by atoms with van der Waals surface area (Å²) in [4.78, 5) is 43.8. The normalized spacial score (nSPS) is 15.2. The van der Waals surface area contributed by atoms with Crippen LogP contribution in [0.2, 0.25) is 0 Å². The molecule has 0 bridgehead atoms. The summed E-state index contributed by atoms with van der Waals surface area (Å²) in [6.45, 7) is 5.15. The standard InChI is InChI=1S/C19H24N4O4/c1-5-10-22-15-13(16(24)21-18(22)26)23(11-27-17(25)19(2,3)4)14(20-15)12-8-6-7-9-12/h1,12H,6-11H2,2-4H3,(H,21,24,26). The van der Waals surface area contributed by atoms with Crippen LogP contribution in [0.15, 0.2) is 9.59 Å². The molecule has 8 heteroatoms. The maximum atomic E-state index is 12.5. The van der Waals surface area contributed by atoms with Crippen molar-refractivity contribution >= 4 is 17.1 Å². The quantitative estimate of drug-likeness (QED) is 0.651. The van der Waals surface area contributed by atoms with Gasteiger partial charge in [-0.15, -0.1) is 6.42 Å². The van der Waals surface area contributed by atoms with Crippen molar-refractivity contribution in [3.8, 4) is 12.3 Å². The summed E-state index contributed by atoms with van der Waals surface area (Å²) in [5, 5.41) is 0. The van der Waals surface area contributed by atoms with Gasteiger partial charge in [-0.25, -0.2) is 9.78 Å². The molecule has 1 aliphatic rings. The SMILES string of the molecule is C#CCn1c(=O)[nH]c(=O)c2c1nc(C1CCCC1)n2COC(=O)C(C)(C)C. The van der Waals surface area contributed by atoms with Gasteiger partial charge in [0.05, 0.1) is 12.0 Å². The van der Waals surface area contributed by atoms with Crippen LogP contribution in [0, 0.1) is 17.8 Å². The molecule has 0 atom stereocenters. The minimum atomic E-state index is -0.665. The van der Waals surface area contributed by atoms with E-state index in [0.29, 0.717) is 5.82 Å². The molecule has 2 aromatic heterocycles. The van der Waals surface area contributed by atoms with Crippen LogP contribution in [0.1, 0.15) is 58.2 Å². The molecule has 2 heterocycles. The fourth-order valence-electron chi connectivity index (χ4n) is 3.39. The Hall–Kier alpha value is -2.82. The van der Waals surface area contributed by atoms with Crippen molar-refractivity contribution in [2.45, 2.75) is 65.6 Å². The summed E-state index contributed by atoms with van der Waals surface area (Å²) in [6, 6.07) is 0. The lowest BCUT2D eigenvalue weighted by atomic mass is 9.98. The van der Waals surface area contributed by atoms with Crippen LogP contribution < -0.4 is 11.2 Å². The highest BCUT2D eigenvalue weighted by Gasteiger charge is 2.28. The minimum absolute atomic E-state index is 0.00495. The van der Waals surface area contributed by atoms with Crippen LogP contribution in [0.25, 0.3) is 11.2 Å². The first-order valence-electron chi connectivity index (χ1n) is 9.08. The predicted molar refractivity (Wildman–Crippen MR) is 100 cm³/mol. The van der Waals surface area contributed by atoms with E-state index in [-0.39, 0.29) is 36.3 Å². The van der Waals surface area contributed by atoms with E-state index in [1.807, 2.05) is 0 Å². The van der Waals surface area contributed by atoms with Gasteiger partial charge in [-0.2, -0.15) is 0 Å². The van der Waals surface area contributed by atoms with Crippen LogP contribution in [0.3, 0.4) is 0 Å². The Morgan fingerprint density at radius 3 is 2.56 bits per heavy atom. The molecule has 0 saturated heterocycles. The van der Waals surface area contributed by atoms with E-state index < -0.39 is 16.7 Å². The van der Waals surface area contributed by atoms with E-state index in [1.54, 1.807) is 25.3 Å². The molecule has 27 heavy (non-hydrogen) atoms.